The zero-order chi connectivity index (χ0) is 13.1. The van der Waals surface area contributed by atoms with Crippen molar-refractivity contribution >= 4 is 21.8 Å². The minimum atomic E-state index is -0.471. The zero-order valence-corrected chi connectivity index (χ0v) is 11.1. The Morgan fingerprint density at radius 2 is 2.33 bits per heavy atom. The molecule has 1 N–H and O–H groups in total. The molecule has 0 saturated carbocycles. The van der Waals surface area contributed by atoms with E-state index in [1.807, 2.05) is 0 Å². The van der Waals surface area contributed by atoms with Crippen LogP contribution < -0.4 is 5.32 Å². The number of amides is 1. The molecule has 2 rings (SSSR count). The molecule has 2 aromatic rings. The highest BCUT2D eigenvalue weighted by atomic mass is 79.9. The van der Waals surface area contributed by atoms with Gasteiger partial charge < -0.3 is 9.88 Å². The monoisotopic (exact) mass is 312 g/mol. The molecule has 1 heterocycles. The molecule has 94 valence electrons. The number of hydrogen-bond acceptors (Lipinski definition) is 3. The van der Waals surface area contributed by atoms with E-state index in [9.17, 15) is 9.18 Å². The predicted octanol–water partition coefficient (Wildman–Crippen LogP) is 1.65. The average molecular weight is 313 g/mol. The summed E-state index contributed by atoms with van der Waals surface area (Å²) in [5.74, 6) is -0.202. The summed E-state index contributed by atoms with van der Waals surface area (Å²) in [6.45, 7) is 0.243. The predicted molar refractivity (Wildman–Crippen MR) is 66.3 cm³/mol. The quantitative estimate of drug-likeness (QED) is 0.937. The number of carbonyl (C=O) groups is 1. The molecule has 0 aliphatic heterocycles. The zero-order valence-electron chi connectivity index (χ0n) is 9.52. The largest absolute Gasteiger partial charge is 0.345 e. The number of halogens is 2. The Morgan fingerprint density at radius 1 is 1.56 bits per heavy atom. The van der Waals surface area contributed by atoms with Gasteiger partial charge in [0.15, 0.2) is 5.82 Å². The van der Waals surface area contributed by atoms with Crippen molar-refractivity contribution in [2.75, 3.05) is 0 Å². The molecule has 0 aliphatic carbocycles. The van der Waals surface area contributed by atoms with E-state index in [0.29, 0.717) is 10.3 Å². The van der Waals surface area contributed by atoms with Crippen molar-refractivity contribution in [3.05, 3.63) is 46.2 Å². The van der Waals surface area contributed by atoms with Gasteiger partial charge in [-0.3, -0.25) is 4.79 Å². The Labute approximate surface area is 111 Å². The maximum Gasteiger partial charge on any atom is 0.251 e. The molecule has 5 nitrogen and oxygen atoms in total. The minimum absolute atomic E-state index is 0.243. The molecule has 0 bridgehead atoms. The second-order valence-corrected chi connectivity index (χ2v) is 4.52. The van der Waals surface area contributed by atoms with Crippen molar-refractivity contribution in [3.8, 4) is 0 Å². The average Bonchev–Trinajstić information content (AvgIpc) is 2.75. The van der Waals surface area contributed by atoms with Gasteiger partial charge in [0, 0.05) is 12.6 Å². The van der Waals surface area contributed by atoms with Crippen LogP contribution in [0, 0.1) is 5.82 Å². The highest BCUT2D eigenvalue weighted by Gasteiger charge is 2.09. The van der Waals surface area contributed by atoms with E-state index in [1.165, 1.54) is 12.1 Å². The van der Waals surface area contributed by atoms with E-state index >= 15 is 0 Å². The van der Waals surface area contributed by atoms with Crippen LogP contribution in [0.5, 0.6) is 0 Å². The van der Waals surface area contributed by atoms with Crippen LogP contribution in [-0.2, 0) is 13.6 Å². The number of benzene rings is 1. The summed E-state index contributed by atoms with van der Waals surface area (Å²) in [6.07, 6.45) is 1.54. The van der Waals surface area contributed by atoms with E-state index in [-0.39, 0.29) is 18.0 Å². The second kappa shape index (κ2) is 5.26. The minimum Gasteiger partial charge on any atom is -0.345 e. The van der Waals surface area contributed by atoms with Gasteiger partial charge in [0.2, 0.25) is 0 Å². The first kappa shape index (κ1) is 12.7. The van der Waals surface area contributed by atoms with E-state index in [0.717, 1.165) is 0 Å². The maximum atomic E-state index is 13.3. The van der Waals surface area contributed by atoms with Crippen LogP contribution in [0.2, 0.25) is 0 Å². The molecule has 1 aromatic heterocycles. The third-order valence-corrected chi connectivity index (χ3v) is 3.04. The highest BCUT2D eigenvalue weighted by Crippen LogP contribution is 2.16. The molecular weight excluding hydrogens is 303 g/mol. The summed E-state index contributed by atoms with van der Waals surface area (Å²) in [5.41, 5.74) is 0.262. The third kappa shape index (κ3) is 2.73. The molecule has 0 spiro atoms. The molecule has 1 aromatic carbocycles. The molecule has 0 aliphatic rings. The summed E-state index contributed by atoms with van der Waals surface area (Å²) in [7, 11) is 1.78. The van der Waals surface area contributed by atoms with Crippen molar-refractivity contribution in [1.29, 1.82) is 0 Å². The molecule has 0 saturated heterocycles. The molecule has 0 unspecified atom stereocenters. The Bertz CT molecular complexity index is 584. The summed E-state index contributed by atoms with van der Waals surface area (Å²) in [6, 6.07) is 4.21. The number of aryl methyl sites for hydroxylation is 1. The first-order valence-electron chi connectivity index (χ1n) is 5.14. The molecule has 7 heteroatoms. The summed E-state index contributed by atoms with van der Waals surface area (Å²) >= 11 is 3.03. The van der Waals surface area contributed by atoms with Crippen LogP contribution in [0.15, 0.2) is 29.0 Å². The van der Waals surface area contributed by atoms with Crippen LogP contribution >= 0.6 is 15.9 Å². The smallest absolute Gasteiger partial charge is 0.251 e. The molecule has 1 amide bonds. The maximum absolute atomic E-state index is 13.3. The fourth-order valence-electron chi connectivity index (χ4n) is 1.37. The van der Waals surface area contributed by atoms with Crippen LogP contribution in [0.1, 0.15) is 16.2 Å². The molecule has 0 radical (unpaired) electrons. The third-order valence-electron chi connectivity index (χ3n) is 2.39. The van der Waals surface area contributed by atoms with Gasteiger partial charge in [-0.25, -0.2) is 4.39 Å². The first-order chi connectivity index (χ1) is 8.58. The topological polar surface area (TPSA) is 59.8 Å². The van der Waals surface area contributed by atoms with Gasteiger partial charge in [0.1, 0.15) is 12.1 Å². The number of aromatic nitrogens is 3. The van der Waals surface area contributed by atoms with Gasteiger partial charge >= 0.3 is 0 Å². The Balaban J connectivity index is 2.04. The van der Waals surface area contributed by atoms with Gasteiger partial charge in [-0.2, -0.15) is 0 Å². The number of hydrogen-bond donors (Lipinski definition) is 1. The van der Waals surface area contributed by atoms with Gasteiger partial charge in [-0.1, -0.05) is 0 Å². The van der Waals surface area contributed by atoms with Crippen LogP contribution in [0.3, 0.4) is 0 Å². The van der Waals surface area contributed by atoms with E-state index in [2.05, 4.69) is 31.4 Å². The van der Waals surface area contributed by atoms with Gasteiger partial charge in [-0.05, 0) is 34.1 Å². The van der Waals surface area contributed by atoms with E-state index in [4.69, 9.17) is 0 Å². The SMILES string of the molecule is Cn1cnnc1CNC(=O)c1ccc(Br)c(F)c1. The van der Waals surface area contributed by atoms with E-state index in [1.54, 1.807) is 24.0 Å². The van der Waals surface area contributed by atoms with Gasteiger partial charge in [0.05, 0.1) is 11.0 Å². The van der Waals surface area contributed by atoms with Crippen LogP contribution in [-0.4, -0.2) is 20.7 Å². The lowest BCUT2D eigenvalue weighted by atomic mass is 10.2. The van der Waals surface area contributed by atoms with Crippen LogP contribution in [0.4, 0.5) is 4.39 Å². The number of rotatable bonds is 3. The van der Waals surface area contributed by atoms with Gasteiger partial charge in [-0.15, -0.1) is 10.2 Å². The van der Waals surface area contributed by atoms with Gasteiger partial charge in [0.25, 0.3) is 5.91 Å². The molecular formula is C11H10BrFN4O. The lowest BCUT2D eigenvalue weighted by Gasteiger charge is -2.05. The van der Waals surface area contributed by atoms with Crippen molar-refractivity contribution in [2.45, 2.75) is 6.54 Å². The number of nitrogens with one attached hydrogen (secondary N) is 1. The summed E-state index contributed by atoms with van der Waals surface area (Å²) in [4.78, 5) is 11.8. The molecule has 0 atom stereocenters. The number of nitrogens with zero attached hydrogens (tertiary/aromatic N) is 3. The van der Waals surface area contributed by atoms with Crippen molar-refractivity contribution in [3.63, 3.8) is 0 Å². The standard InChI is InChI=1S/C11H10BrFN4O/c1-17-6-15-16-10(17)5-14-11(18)7-2-3-8(12)9(13)4-7/h2-4,6H,5H2,1H3,(H,14,18). The van der Waals surface area contributed by atoms with E-state index < -0.39 is 5.82 Å². The normalized spacial score (nSPS) is 10.4. The summed E-state index contributed by atoms with van der Waals surface area (Å²) < 4.78 is 15.3. The first-order valence-corrected chi connectivity index (χ1v) is 5.93. The Morgan fingerprint density at radius 3 is 2.94 bits per heavy atom. The molecule has 0 fully saturated rings. The second-order valence-electron chi connectivity index (χ2n) is 3.67. The van der Waals surface area contributed by atoms with Crippen molar-refractivity contribution in [2.24, 2.45) is 7.05 Å². The fourth-order valence-corrected chi connectivity index (χ4v) is 1.61. The lowest BCUT2D eigenvalue weighted by molar-refractivity contribution is 0.0949. The number of carbonyl (C=O) groups excluding carboxylic acids is 1. The lowest BCUT2D eigenvalue weighted by Crippen LogP contribution is -2.24. The molecule has 18 heavy (non-hydrogen) atoms. The fraction of sp³-hybridized carbons (Fsp3) is 0.182. The Hall–Kier alpha value is -1.76. The highest BCUT2D eigenvalue weighted by molar-refractivity contribution is 9.10. The summed E-state index contributed by atoms with van der Waals surface area (Å²) in [5, 5.41) is 10.2. The van der Waals surface area contributed by atoms with Crippen LogP contribution in [0.25, 0.3) is 0 Å². The van der Waals surface area contributed by atoms with Crippen molar-refractivity contribution in [1.82, 2.24) is 20.1 Å². The van der Waals surface area contributed by atoms with Crippen molar-refractivity contribution < 1.29 is 9.18 Å². The Kier molecular flexibility index (Phi) is 3.71.